The van der Waals surface area contributed by atoms with Crippen LogP contribution in [-0.2, 0) is 21.5 Å². The van der Waals surface area contributed by atoms with Crippen LogP contribution >= 0.6 is 0 Å². The largest absolute Gasteiger partial charge is 0.489 e. The summed E-state index contributed by atoms with van der Waals surface area (Å²) in [4.78, 5) is 13.1. The molecule has 208 valence electrons. The Hall–Kier alpha value is -5.39. The summed E-state index contributed by atoms with van der Waals surface area (Å²) in [5.41, 5.74) is 2.46. The molecule has 0 radical (unpaired) electrons. The van der Waals surface area contributed by atoms with E-state index in [1.165, 1.54) is 24.3 Å². The fourth-order valence-electron chi connectivity index (χ4n) is 4.24. The Labute approximate surface area is 244 Å². The van der Waals surface area contributed by atoms with E-state index >= 15 is 0 Å². The van der Waals surface area contributed by atoms with Gasteiger partial charge in [0.2, 0.25) is 0 Å². The van der Waals surface area contributed by atoms with E-state index in [9.17, 15) is 18.5 Å². The van der Waals surface area contributed by atoms with E-state index in [1.54, 1.807) is 54.6 Å². The van der Waals surface area contributed by atoms with Gasteiger partial charge in [0.05, 0.1) is 0 Å². The Morgan fingerprint density at radius 2 is 1.55 bits per heavy atom. The third kappa shape index (κ3) is 6.66. The second-order valence-electron chi connectivity index (χ2n) is 9.47. The van der Waals surface area contributed by atoms with Crippen LogP contribution in [0.4, 0.5) is 5.69 Å². The van der Waals surface area contributed by atoms with Crippen LogP contribution in [-0.4, -0.2) is 14.3 Å². The lowest BCUT2D eigenvalue weighted by Crippen LogP contribution is -2.14. The number of fused-ring (bicyclic) bond motifs is 1. The molecule has 0 unspecified atom stereocenters. The number of aryl methyl sites for hydroxylation is 1. The van der Waals surface area contributed by atoms with Crippen LogP contribution in [0.25, 0.3) is 16.8 Å². The second kappa shape index (κ2) is 12.4. The Bertz CT molecular complexity index is 1910. The maximum atomic E-state index is 13.1. The van der Waals surface area contributed by atoms with Gasteiger partial charge < -0.3 is 14.2 Å². The summed E-state index contributed by atoms with van der Waals surface area (Å²) in [7, 11) is -4.18. The lowest BCUT2D eigenvalue weighted by atomic mass is 10.0. The lowest BCUT2D eigenvalue weighted by molar-refractivity contribution is -0.112. The summed E-state index contributed by atoms with van der Waals surface area (Å²) in [6.07, 6.45) is 1.34. The second-order valence-corrected chi connectivity index (χ2v) is 11.0. The van der Waals surface area contributed by atoms with Gasteiger partial charge in [0, 0.05) is 11.3 Å². The molecule has 0 bridgehead atoms. The van der Waals surface area contributed by atoms with Crippen LogP contribution in [0.3, 0.4) is 0 Å². The Morgan fingerprint density at radius 3 is 2.26 bits per heavy atom. The summed E-state index contributed by atoms with van der Waals surface area (Å²) in [6, 6.07) is 35.2. The molecule has 1 N–H and O–H groups in total. The molecular weight excluding hydrogens is 548 g/mol. The highest BCUT2D eigenvalue weighted by Crippen LogP contribution is 2.32. The molecule has 0 atom stereocenters. The first-order valence-corrected chi connectivity index (χ1v) is 14.5. The quantitative estimate of drug-likeness (QED) is 0.115. The zero-order valence-corrected chi connectivity index (χ0v) is 23.5. The van der Waals surface area contributed by atoms with Crippen LogP contribution in [0.15, 0.2) is 126 Å². The fraction of sp³-hybridized carbons (Fsp3) is 0.0588. The molecule has 5 rings (SSSR count). The molecule has 0 aliphatic heterocycles. The minimum atomic E-state index is -4.18. The zero-order chi connectivity index (χ0) is 29.5. The Morgan fingerprint density at radius 1 is 0.857 bits per heavy atom. The van der Waals surface area contributed by atoms with Crippen LogP contribution in [0.5, 0.6) is 11.5 Å². The van der Waals surface area contributed by atoms with Gasteiger partial charge in [-0.15, -0.1) is 0 Å². The molecule has 5 aromatic carbocycles. The van der Waals surface area contributed by atoms with Gasteiger partial charge in [-0.05, 0) is 71.8 Å². The minimum absolute atomic E-state index is 0.00487. The number of carbonyl (C=O) groups excluding carboxylic acids is 1. The molecule has 5 aromatic rings. The topological polar surface area (TPSA) is 105 Å². The maximum absolute atomic E-state index is 13.1. The average Bonchev–Trinajstić information content (AvgIpc) is 3.00. The van der Waals surface area contributed by atoms with Crippen molar-refractivity contribution < 1.29 is 22.1 Å². The normalized spacial score (nSPS) is 11.5. The molecule has 0 aliphatic carbocycles. The van der Waals surface area contributed by atoms with Gasteiger partial charge in [-0.1, -0.05) is 78.4 Å². The predicted octanol–water partition coefficient (Wildman–Crippen LogP) is 7.04. The van der Waals surface area contributed by atoms with Crippen LogP contribution < -0.4 is 14.2 Å². The lowest BCUT2D eigenvalue weighted by Gasteiger charge is -2.13. The van der Waals surface area contributed by atoms with Crippen molar-refractivity contribution in [2.75, 3.05) is 5.32 Å². The van der Waals surface area contributed by atoms with Crippen LogP contribution in [0, 0.1) is 18.3 Å². The van der Waals surface area contributed by atoms with Gasteiger partial charge in [0.1, 0.15) is 28.9 Å². The fourth-order valence-corrected chi connectivity index (χ4v) is 5.18. The molecule has 0 saturated heterocycles. The number of benzene rings is 5. The first-order valence-electron chi connectivity index (χ1n) is 13.1. The standard InChI is InChI=1S/C34H26N2O5S/c1-24-11-18-30(19-12-24)42(38,39)41-33-20-13-26-9-5-6-10-31(26)32(33)21-27(22-35)34(37)36-28-14-16-29(17-15-28)40-23-25-7-3-2-4-8-25/h2-21H,23H2,1H3,(H,36,37)/b27-21+. The molecule has 0 saturated carbocycles. The highest BCUT2D eigenvalue weighted by Gasteiger charge is 2.20. The van der Waals surface area contributed by atoms with Crippen molar-refractivity contribution in [2.45, 2.75) is 18.4 Å². The number of anilines is 1. The highest BCUT2D eigenvalue weighted by atomic mass is 32.2. The van der Waals surface area contributed by atoms with Crippen LogP contribution in [0.1, 0.15) is 16.7 Å². The van der Waals surface area contributed by atoms with E-state index < -0.39 is 16.0 Å². The third-order valence-electron chi connectivity index (χ3n) is 6.45. The molecule has 42 heavy (non-hydrogen) atoms. The van der Waals surface area contributed by atoms with Gasteiger partial charge in [-0.25, -0.2) is 0 Å². The smallest absolute Gasteiger partial charge is 0.339 e. The maximum Gasteiger partial charge on any atom is 0.339 e. The molecule has 8 heteroatoms. The van der Waals surface area contributed by atoms with E-state index in [0.29, 0.717) is 29.0 Å². The number of carbonyl (C=O) groups is 1. The number of nitriles is 1. The van der Waals surface area contributed by atoms with Crippen molar-refractivity contribution in [2.24, 2.45) is 0 Å². The number of hydrogen-bond acceptors (Lipinski definition) is 6. The average molecular weight is 575 g/mol. The van der Waals surface area contributed by atoms with Gasteiger partial charge in [-0.2, -0.15) is 13.7 Å². The molecular formula is C34H26N2O5S. The van der Waals surface area contributed by atoms with Gasteiger partial charge in [0.25, 0.3) is 5.91 Å². The molecule has 1 amide bonds. The van der Waals surface area contributed by atoms with Crippen molar-refractivity contribution in [3.63, 3.8) is 0 Å². The van der Waals surface area contributed by atoms with Gasteiger partial charge in [-0.3, -0.25) is 4.79 Å². The molecule has 0 heterocycles. The SMILES string of the molecule is Cc1ccc(S(=O)(=O)Oc2ccc3ccccc3c2/C=C(\C#N)C(=O)Nc2ccc(OCc3ccccc3)cc2)cc1. The van der Waals surface area contributed by atoms with E-state index in [1.807, 2.05) is 55.5 Å². The van der Waals surface area contributed by atoms with E-state index in [2.05, 4.69) is 5.32 Å². The highest BCUT2D eigenvalue weighted by molar-refractivity contribution is 7.87. The van der Waals surface area contributed by atoms with E-state index in [-0.39, 0.29) is 16.2 Å². The third-order valence-corrected chi connectivity index (χ3v) is 7.70. The molecule has 0 aliphatic rings. The summed E-state index contributed by atoms with van der Waals surface area (Å²) < 4.78 is 37.5. The monoisotopic (exact) mass is 574 g/mol. The summed E-state index contributed by atoms with van der Waals surface area (Å²) in [6.45, 7) is 2.26. The number of ether oxygens (including phenoxy) is 1. The summed E-state index contributed by atoms with van der Waals surface area (Å²) in [5, 5.41) is 14.0. The Kier molecular flexibility index (Phi) is 8.32. The van der Waals surface area contributed by atoms with Crippen molar-refractivity contribution in [3.8, 4) is 17.6 Å². The van der Waals surface area contributed by atoms with Crippen molar-refractivity contribution in [3.05, 3.63) is 138 Å². The molecule has 7 nitrogen and oxygen atoms in total. The van der Waals surface area contributed by atoms with Crippen molar-refractivity contribution in [1.82, 2.24) is 0 Å². The Balaban J connectivity index is 1.40. The van der Waals surface area contributed by atoms with Crippen LogP contribution in [0.2, 0.25) is 0 Å². The first kappa shape index (κ1) is 28.1. The number of amides is 1. The predicted molar refractivity (Wildman–Crippen MR) is 162 cm³/mol. The van der Waals surface area contributed by atoms with Gasteiger partial charge >= 0.3 is 10.1 Å². The van der Waals surface area contributed by atoms with Crippen molar-refractivity contribution in [1.29, 1.82) is 5.26 Å². The minimum Gasteiger partial charge on any atom is -0.489 e. The molecule has 0 spiro atoms. The first-order chi connectivity index (χ1) is 20.3. The van der Waals surface area contributed by atoms with E-state index in [0.717, 1.165) is 16.5 Å². The number of hydrogen-bond donors (Lipinski definition) is 1. The van der Waals surface area contributed by atoms with Gasteiger partial charge in [0.15, 0.2) is 5.75 Å². The molecule has 0 fully saturated rings. The summed E-state index contributed by atoms with van der Waals surface area (Å²) >= 11 is 0. The number of rotatable bonds is 9. The summed E-state index contributed by atoms with van der Waals surface area (Å²) in [5.74, 6) is -0.0364. The van der Waals surface area contributed by atoms with E-state index in [4.69, 9.17) is 8.92 Å². The number of nitrogens with zero attached hydrogens (tertiary/aromatic N) is 1. The number of nitrogens with one attached hydrogen (secondary N) is 1. The zero-order valence-electron chi connectivity index (χ0n) is 22.7. The molecule has 0 aromatic heterocycles. The van der Waals surface area contributed by atoms with Crippen molar-refractivity contribution >= 4 is 38.6 Å².